The van der Waals surface area contributed by atoms with Crippen molar-refractivity contribution in [1.82, 2.24) is 10.3 Å². The first-order valence-electron chi connectivity index (χ1n) is 12.6. The van der Waals surface area contributed by atoms with Gasteiger partial charge in [0.15, 0.2) is 0 Å². The molecular weight excluding hydrogens is 588 g/mol. The molecular formula is C30H34F8N2OS. The number of carbonyl (C=O) groups is 1. The van der Waals surface area contributed by atoms with Crippen molar-refractivity contribution in [2.75, 3.05) is 0 Å². The molecule has 2 atom stereocenters. The average molecular weight is 623 g/mol. The van der Waals surface area contributed by atoms with E-state index in [9.17, 15) is 39.9 Å². The summed E-state index contributed by atoms with van der Waals surface area (Å²) in [6.45, 7) is 13.8. The van der Waals surface area contributed by atoms with Crippen LogP contribution in [0.1, 0.15) is 56.3 Å². The van der Waals surface area contributed by atoms with Crippen LogP contribution in [0.5, 0.6) is 0 Å². The van der Waals surface area contributed by atoms with Gasteiger partial charge in [-0.3, -0.25) is 4.79 Å². The van der Waals surface area contributed by atoms with E-state index in [4.69, 9.17) is 0 Å². The zero-order chi connectivity index (χ0) is 32.7. The second-order valence-electron chi connectivity index (χ2n) is 8.36. The molecule has 1 aromatic heterocycles. The van der Waals surface area contributed by atoms with Crippen LogP contribution in [0.25, 0.3) is 0 Å². The minimum atomic E-state index is -4.73. The van der Waals surface area contributed by atoms with Crippen molar-refractivity contribution in [2.45, 2.75) is 65.1 Å². The van der Waals surface area contributed by atoms with E-state index in [0.29, 0.717) is 11.1 Å². The van der Waals surface area contributed by atoms with E-state index in [1.165, 1.54) is 24.5 Å². The lowest BCUT2D eigenvalue weighted by Gasteiger charge is -2.34. The van der Waals surface area contributed by atoms with Crippen molar-refractivity contribution in [3.05, 3.63) is 112 Å². The number of hydrogen-bond donors (Lipinski definition) is 1. The van der Waals surface area contributed by atoms with Crippen LogP contribution in [0.4, 0.5) is 35.1 Å². The van der Waals surface area contributed by atoms with Gasteiger partial charge in [-0.1, -0.05) is 56.8 Å². The monoisotopic (exact) mass is 622 g/mol. The molecule has 12 heteroatoms. The number of hydrogen-bond acceptors (Lipinski definition) is 3. The van der Waals surface area contributed by atoms with E-state index < -0.39 is 46.9 Å². The summed E-state index contributed by atoms with van der Waals surface area (Å²) < 4.78 is 99.9. The van der Waals surface area contributed by atoms with Crippen LogP contribution in [-0.4, -0.2) is 23.2 Å². The van der Waals surface area contributed by atoms with Crippen molar-refractivity contribution in [2.24, 2.45) is 0 Å². The molecule has 0 bridgehead atoms. The SMILES string of the molecule is C=C(C(C)F)C(F)(F)F.C=CC.CC.CC(=O)NC(Cc1ccccc1)(c1cc(F)cc(C(F)(F)F)c1)c1nccs1. The first-order chi connectivity index (χ1) is 19.5. The fraction of sp³-hybridized carbons (Fsp3) is 0.333. The summed E-state index contributed by atoms with van der Waals surface area (Å²) in [6, 6.07) is 11.2. The molecule has 0 aliphatic heterocycles. The molecule has 0 aliphatic carbocycles. The van der Waals surface area contributed by atoms with Gasteiger partial charge >= 0.3 is 12.4 Å². The maximum Gasteiger partial charge on any atom is 0.416 e. The molecule has 3 aromatic rings. The van der Waals surface area contributed by atoms with Gasteiger partial charge in [0.2, 0.25) is 5.91 Å². The predicted molar refractivity (Wildman–Crippen MR) is 151 cm³/mol. The third-order valence-electron chi connectivity index (χ3n) is 5.06. The minimum Gasteiger partial charge on any atom is -0.340 e. The molecule has 0 spiro atoms. The summed E-state index contributed by atoms with van der Waals surface area (Å²) in [7, 11) is 0. The zero-order valence-corrected chi connectivity index (χ0v) is 24.7. The Kier molecular flexibility index (Phi) is 16.0. The molecule has 1 N–H and O–H groups in total. The Morgan fingerprint density at radius 2 is 1.57 bits per heavy atom. The maximum absolute atomic E-state index is 14.2. The highest BCUT2D eigenvalue weighted by Crippen LogP contribution is 2.39. The minimum absolute atomic E-state index is 0.0196. The van der Waals surface area contributed by atoms with Crippen LogP contribution in [0.3, 0.4) is 0 Å². The first kappa shape index (κ1) is 38.5. The van der Waals surface area contributed by atoms with Gasteiger partial charge in [-0.05, 0) is 43.2 Å². The Morgan fingerprint density at radius 3 is 1.95 bits per heavy atom. The standard InChI is InChI=1S/C20H16F4N2OS.C5H6F4.C3H6.C2H6/c1-13(27)26-19(18-25-7-8-28-18,12-14-5-3-2-4-6-14)15-9-16(20(22,23)24)11-17(21)10-15;1-3(4(2)6)5(7,8)9;1-3-2;1-2/h2-11H,12H2,1H3,(H,26,27);4H,1H2,2H3;3H,1H2,2H3;1-2H3. The number of nitrogens with one attached hydrogen (secondary N) is 1. The van der Waals surface area contributed by atoms with Crippen molar-refractivity contribution < 1.29 is 39.9 Å². The maximum atomic E-state index is 14.2. The lowest BCUT2D eigenvalue weighted by Crippen LogP contribution is -2.48. The molecule has 0 aliphatic rings. The van der Waals surface area contributed by atoms with Gasteiger partial charge in [-0.2, -0.15) is 26.3 Å². The quantitative estimate of drug-likeness (QED) is 0.220. The van der Waals surface area contributed by atoms with Crippen LogP contribution in [0, 0.1) is 5.82 Å². The largest absolute Gasteiger partial charge is 0.416 e. The number of nitrogens with zero attached hydrogens (tertiary/aromatic N) is 1. The van der Waals surface area contributed by atoms with Gasteiger partial charge in [0.1, 0.15) is 22.5 Å². The van der Waals surface area contributed by atoms with Crippen LogP contribution in [-0.2, 0) is 22.9 Å². The zero-order valence-electron chi connectivity index (χ0n) is 23.8. The van der Waals surface area contributed by atoms with Crippen molar-refractivity contribution in [3.8, 4) is 0 Å². The van der Waals surface area contributed by atoms with Gasteiger partial charge in [0.05, 0.1) is 11.1 Å². The first-order valence-corrected chi connectivity index (χ1v) is 13.4. The summed E-state index contributed by atoms with van der Waals surface area (Å²) in [5.41, 5.74) is -3.16. The fourth-order valence-electron chi connectivity index (χ4n) is 3.33. The van der Waals surface area contributed by atoms with Crippen molar-refractivity contribution >= 4 is 17.2 Å². The molecule has 42 heavy (non-hydrogen) atoms. The van der Waals surface area contributed by atoms with E-state index in [-0.39, 0.29) is 12.0 Å². The van der Waals surface area contributed by atoms with E-state index in [1.54, 1.807) is 41.8 Å². The van der Waals surface area contributed by atoms with Gasteiger partial charge in [0.25, 0.3) is 0 Å². The van der Waals surface area contributed by atoms with Crippen molar-refractivity contribution in [1.29, 1.82) is 0 Å². The number of rotatable bonds is 6. The fourth-order valence-corrected chi connectivity index (χ4v) is 4.15. The Hall–Kier alpha value is -3.54. The molecule has 1 amide bonds. The van der Waals surface area contributed by atoms with E-state index in [2.05, 4.69) is 23.5 Å². The molecule has 0 fully saturated rings. The molecule has 0 radical (unpaired) electrons. The summed E-state index contributed by atoms with van der Waals surface area (Å²) >= 11 is 1.18. The van der Waals surface area contributed by atoms with Crippen molar-refractivity contribution in [3.63, 3.8) is 0 Å². The highest BCUT2D eigenvalue weighted by Gasteiger charge is 2.41. The van der Waals surface area contributed by atoms with Crippen LogP contribution in [0.2, 0.25) is 0 Å². The number of aromatic nitrogens is 1. The number of alkyl halides is 7. The third kappa shape index (κ3) is 12.1. The highest BCUT2D eigenvalue weighted by molar-refractivity contribution is 7.09. The smallest absolute Gasteiger partial charge is 0.340 e. The summed E-state index contributed by atoms with van der Waals surface area (Å²) in [4.78, 5) is 16.3. The van der Waals surface area contributed by atoms with Crippen LogP contribution < -0.4 is 5.32 Å². The molecule has 0 saturated heterocycles. The summed E-state index contributed by atoms with van der Waals surface area (Å²) in [6.07, 6.45) is -7.97. The van der Waals surface area contributed by atoms with Crippen LogP contribution in [0.15, 0.2) is 84.9 Å². The lowest BCUT2D eigenvalue weighted by atomic mass is 9.83. The second-order valence-corrected chi connectivity index (χ2v) is 9.25. The molecule has 1 heterocycles. The van der Waals surface area contributed by atoms with E-state index in [0.717, 1.165) is 24.6 Å². The average Bonchev–Trinajstić information content (AvgIpc) is 3.44. The number of halogens is 8. The molecule has 0 saturated carbocycles. The normalized spacial score (nSPS) is 12.9. The lowest BCUT2D eigenvalue weighted by molar-refractivity contribution is -0.137. The summed E-state index contributed by atoms with van der Waals surface area (Å²) in [5.74, 6) is -1.51. The number of carbonyl (C=O) groups excluding carboxylic acids is 1. The van der Waals surface area contributed by atoms with Gasteiger partial charge in [-0.15, -0.1) is 17.9 Å². The predicted octanol–water partition coefficient (Wildman–Crippen LogP) is 9.60. The summed E-state index contributed by atoms with van der Waals surface area (Å²) in [5, 5.41) is 4.76. The Morgan fingerprint density at radius 1 is 1.05 bits per heavy atom. The number of amides is 1. The number of allylic oxidation sites excluding steroid dienone is 2. The van der Waals surface area contributed by atoms with Gasteiger partial charge < -0.3 is 5.32 Å². The second kappa shape index (κ2) is 17.4. The molecule has 232 valence electrons. The van der Waals surface area contributed by atoms with E-state index >= 15 is 0 Å². The van der Waals surface area contributed by atoms with Gasteiger partial charge in [-0.25, -0.2) is 13.8 Å². The Bertz CT molecular complexity index is 1240. The highest BCUT2D eigenvalue weighted by atomic mass is 32.1. The molecule has 3 rings (SSSR count). The molecule has 2 unspecified atom stereocenters. The molecule has 2 aromatic carbocycles. The van der Waals surface area contributed by atoms with Gasteiger partial charge in [0, 0.05) is 24.9 Å². The number of thiazole rings is 1. The molecule has 3 nitrogen and oxygen atoms in total. The Labute approximate surface area is 245 Å². The van der Waals surface area contributed by atoms with E-state index in [1.807, 2.05) is 20.8 Å². The number of benzene rings is 2. The Balaban J connectivity index is 0.00000101. The third-order valence-corrected chi connectivity index (χ3v) is 6.00. The van der Waals surface area contributed by atoms with Crippen LogP contribution >= 0.6 is 11.3 Å². The topological polar surface area (TPSA) is 42.0 Å².